The molecule has 17 nitrogen and oxygen atoms in total. The molecule has 0 aromatic heterocycles. The van der Waals surface area contributed by atoms with Gasteiger partial charge in [0.05, 0.1) is 26.4 Å². The molecule has 85 heavy (non-hydrogen) atoms. The Morgan fingerprint density at radius 1 is 0.329 bits per heavy atom. The van der Waals surface area contributed by atoms with E-state index in [2.05, 4.69) is 52.0 Å². The molecule has 0 aliphatic heterocycles. The second kappa shape index (κ2) is 60.5. The maximum Gasteiger partial charge on any atom is 0.472 e. The van der Waals surface area contributed by atoms with Crippen LogP contribution in [0, 0.1) is 0 Å². The Kier molecular flexibility index (Phi) is 58.7. The number of aliphatic hydroxyl groups excluding tert-OH is 1. The zero-order valence-corrected chi connectivity index (χ0v) is 55.8. The van der Waals surface area contributed by atoms with E-state index in [-0.39, 0.29) is 25.7 Å². The molecule has 0 aromatic carbocycles. The molecule has 0 radical (unpaired) electrons. The van der Waals surface area contributed by atoms with Gasteiger partial charge in [0, 0.05) is 25.7 Å². The number of carbonyl (C=O) groups is 4. The number of ether oxygens (including phenoxy) is 4. The van der Waals surface area contributed by atoms with Crippen molar-refractivity contribution in [2.45, 2.75) is 335 Å². The highest BCUT2D eigenvalue weighted by molar-refractivity contribution is 7.47. The number of phosphoric acid groups is 2. The molecule has 0 fully saturated rings. The summed E-state index contributed by atoms with van der Waals surface area (Å²) in [6.45, 7) is 4.78. The summed E-state index contributed by atoms with van der Waals surface area (Å²) in [5, 5.41) is 10.5. The summed E-state index contributed by atoms with van der Waals surface area (Å²) >= 11 is 0. The Balaban J connectivity index is 5.22. The van der Waals surface area contributed by atoms with Gasteiger partial charge in [0.15, 0.2) is 12.2 Å². The summed E-state index contributed by atoms with van der Waals surface area (Å²) in [4.78, 5) is 72.1. The zero-order chi connectivity index (χ0) is 62.6. The van der Waals surface area contributed by atoms with Crippen molar-refractivity contribution in [3.63, 3.8) is 0 Å². The fraction of sp³-hybridized carbons (Fsp3) is 0.879. The van der Waals surface area contributed by atoms with Crippen molar-refractivity contribution < 1.29 is 80.2 Å². The normalized spacial score (nSPS) is 14.3. The van der Waals surface area contributed by atoms with Gasteiger partial charge in [-0.15, -0.1) is 0 Å². The van der Waals surface area contributed by atoms with Gasteiger partial charge in [-0.25, -0.2) is 9.13 Å². The van der Waals surface area contributed by atoms with E-state index in [4.69, 9.17) is 37.0 Å². The zero-order valence-electron chi connectivity index (χ0n) is 54.1. The Morgan fingerprint density at radius 3 is 0.859 bits per heavy atom. The number of phosphoric ester groups is 2. The molecule has 0 aliphatic carbocycles. The minimum atomic E-state index is -4.95. The quantitative estimate of drug-likeness (QED) is 0.0169. The third kappa shape index (κ3) is 60.2. The number of carbonyl (C=O) groups excluding carboxylic acids is 4. The average Bonchev–Trinajstić information content (AvgIpc) is 3.58. The van der Waals surface area contributed by atoms with Crippen molar-refractivity contribution in [3.05, 3.63) is 24.3 Å². The Hall–Kier alpha value is -2.46. The molecule has 0 amide bonds. The van der Waals surface area contributed by atoms with Gasteiger partial charge < -0.3 is 33.8 Å². The molecular weight excluding hydrogens is 1130 g/mol. The highest BCUT2D eigenvalue weighted by atomic mass is 31.2. The summed E-state index contributed by atoms with van der Waals surface area (Å²) in [7, 11) is -9.89. The second-order valence-electron chi connectivity index (χ2n) is 23.2. The van der Waals surface area contributed by atoms with Gasteiger partial charge >= 0.3 is 39.5 Å². The lowest BCUT2D eigenvalue weighted by atomic mass is 10.0. The van der Waals surface area contributed by atoms with E-state index in [0.717, 1.165) is 122 Å². The minimum Gasteiger partial charge on any atom is -0.462 e. The summed E-state index contributed by atoms with van der Waals surface area (Å²) in [5.41, 5.74) is 0. The van der Waals surface area contributed by atoms with Gasteiger partial charge in [0.2, 0.25) is 0 Å². The molecule has 0 heterocycles. The van der Waals surface area contributed by atoms with E-state index in [1.807, 2.05) is 0 Å². The second-order valence-corrected chi connectivity index (χ2v) is 26.1. The predicted octanol–water partition coefficient (Wildman–Crippen LogP) is 18.3. The van der Waals surface area contributed by atoms with Gasteiger partial charge in [0.1, 0.15) is 19.3 Å². The molecule has 3 N–H and O–H groups in total. The maximum absolute atomic E-state index is 13.0. The van der Waals surface area contributed by atoms with Crippen molar-refractivity contribution >= 4 is 39.5 Å². The van der Waals surface area contributed by atoms with Gasteiger partial charge in [-0.2, -0.15) is 0 Å². The Bertz CT molecular complexity index is 1730. The smallest absolute Gasteiger partial charge is 0.462 e. The third-order valence-corrected chi connectivity index (χ3v) is 16.6. The number of esters is 4. The fourth-order valence-corrected chi connectivity index (χ4v) is 11.0. The Morgan fingerprint density at radius 2 is 0.565 bits per heavy atom. The first-order chi connectivity index (χ1) is 41.2. The lowest BCUT2D eigenvalue weighted by Crippen LogP contribution is -2.30. The summed E-state index contributed by atoms with van der Waals surface area (Å²) in [6, 6.07) is 0. The molecule has 0 saturated heterocycles. The first-order valence-corrected chi connectivity index (χ1v) is 37.1. The Labute approximate surface area is 516 Å². The van der Waals surface area contributed by atoms with E-state index in [0.29, 0.717) is 25.7 Å². The van der Waals surface area contributed by atoms with E-state index >= 15 is 0 Å². The lowest BCUT2D eigenvalue weighted by molar-refractivity contribution is -0.161. The van der Waals surface area contributed by atoms with Gasteiger partial charge in [0.25, 0.3) is 0 Å². The highest BCUT2D eigenvalue weighted by Crippen LogP contribution is 2.45. The predicted molar refractivity (Wildman–Crippen MR) is 340 cm³/mol. The number of allylic oxidation sites excluding steroid dienone is 4. The van der Waals surface area contributed by atoms with Crippen molar-refractivity contribution in [2.24, 2.45) is 0 Å². The van der Waals surface area contributed by atoms with Crippen LogP contribution in [0.15, 0.2) is 24.3 Å². The van der Waals surface area contributed by atoms with Gasteiger partial charge in [-0.3, -0.25) is 37.3 Å². The van der Waals surface area contributed by atoms with Crippen molar-refractivity contribution in [3.8, 4) is 0 Å². The average molecular weight is 1250 g/mol. The molecule has 0 aromatic rings. The molecule has 0 aliphatic rings. The third-order valence-electron chi connectivity index (χ3n) is 14.7. The first-order valence-electron chi connectivity index (χ1n) is 34.1. The summed E-state index contributed by atoms with van der Waals surface area (Å²) in [6.07, 6.45) is 49.6. The molecule has 5 atom stereocenters. The number of hydrogen-bond donors (Lipinski definition) is 3. The number of hydrogen-bond acceptors (Lipinski definition) is 15. The van der Waals surface area contributed by atoms with E-state index in [1.165, 1.54) is 116 Å². The van der Waals surface area contributed by atoms with Crippen molar-refractivity contribution in [1.29, 1.82) is 0 Å². The van der Waals surface area contributed by atoms with Crippen LogP contribution < -0.4 is 0 Å². The van der Waals surface area contributed by atoms with E-state index < -0.39 is 97.5 Å². The molecule has 2 unspecified atom stereocenters. The van der Waals surface area contributed by atoms with Crippen molar-refractivity contribution in [1.82, 2.24) is 0 Å². The topological polar surface area (TPSA) is 237 Å². The summed E-state index contributed by atoms with van der Waals surface area (Å²) < 4.78 is 67.9. The molecule has 0 spiro atoms. The van der Waals surface area contributed by atoms with Crippen LogP contribution in [0.25, 0.3) is 0 Å². The standard InChI is InChI=1S/C66H124O17P2/c1-5-9-13-17-21-24-26-28-30-32-34-36-40-43-47-51-64(69)77-57-62(83-66(71)53-49-45-41-37-35-33-31-29-27-25-22-18-14-10-6-2)59-81-85(74,75)79-55-60(67)54-78-84(72,73)80-58-61(56-76-63(68)50-46-42-38-20-16-12-8-4)82-65(70)52-48-44-39-23-19-15-11-7-3/h25,27,29,31,60-62,67H,5-24,26,28,30,32-59H2,1-4H3,(H,72,73)(H,74,75)/b27-25-,31-29-/t60-,61+,62+/m0/s1. The van der Waals surface area contributed by atoms with Gasteiger partial charge in [-0.05, 0) is 51.4 Å². The van der Waals surface area contributed by atoms with E-state index in [9.17, 15) is 43.2 Å². The number of unbranched alkanes of at least 4 members (excludes halogenated alkanes) is 36. The highest BCUT2D eigenvalue weighted by Gasteiger charge is 2.30. The van der Waals surface area contributed by atoms with Crippen LogP contribution in [-0.4, -0.2) is 96.7 Å². The molecule has 500 valence electrons. The van der Waals surface area contributed by atoms with Crippen LogP contribution in [0.4, 0.5) is 0 Å². The van der Waals surface area contributed by atoms with Crippen LogP contribution in [-0.2, 0) is 65.4 Å². The largest absolute Gasteiger partial charge is 0.472 e. The summed E-state index contributed by atoms with van der Waals surface area (Å²) in [5.74, 6) is -2.17. The van der Waals surface area contributed by atoms with Gasteiger partial charge in [-0.1, -0.05) is 264 Å². The van der Waals surface area contributed by atoms with Crippen LogP contribution in [0.3, 0.4) is 0 Å². The molecule has 0 saturated carbocycles. The fourth-order valence-electron chi connectivity index (χ4n) is 9.45. The maximum atomic E-state index is 13.0. The van der Waals surface area contributed by atoms with Crippen LogP contribution >= 0.6 is 15.6 Å². The van der Waals surface area contributed by atoms with Crippen molar-refractivity contribution in [2.75, 3.05) is 39.6 Å². The minimum absolute atomic E-state index is 0.0857. The van der Waals surface area contributed by atoms with E-state index in [1.54, 1.807) is 0 Å². The number of rotatable bonds is 65. The molecular formula is C66H124O17P2. The SMILES string of the molecule is CCCCCC/C=C\C=C/CCCCCCCC(=O)O[C@H](COC(=O)CCCCCCCCCCCCCCCCC)COP(=O)(O)OC[C@@H](O)COP(=O)(O)OC[C@@H](COC(=O)CCCCCCCCC)OC(=O)CCCCCCCCCC. The van der Waals surface area contributed by atoms with Crippen LogP contribution in [0.1, 0.15) is 317 Å². The lowest BCUT2D eigenvalue weighted by Gasteiger charge is -2.21. The molecule has 0 bridgehead atoms. The van der Waals surface area contributed by atoms with Crippen LogP contribution in [0.2, 0.25) is 0 Å². The first kappa shape index (κ1) is 82.5. The van der Waals surface area contributed by atoms with Crippen LogP contribution in [0.5, 0.6) is 0 Å². The molecule has 19 heteroatoms. The number of aliphatic hydroxyl groups is 1. The monoisotopic (exact) mass is 1250 g/mol. The molecule has 0 rings (SSSR count).